The van der Waals surface area contributed by atoms with Gasteiger partial charge in [0.1, 0.15) is 0 Å². The van der Waals surface area contributed by atoms with Gasteiger partial charge in [-0.3, -0.25) is 9.59 Å². The van der Waals surface area contributed by atoms with Crippen LogP contribution in [0.3, 0.4) is 0 Å². The monoisotopic (exact) mass is 1230 g/mol. The van der Waals surface area contributed by atoms with Crippen LogP contribution in [0.15, 0.2) is 12.2 Å². The van der Waals surface area contributed by atoms with Crippen molar-refractivity contribution in [3.05, 3.63) is 12.2 Å². The first-order valence-corrected chi connectivity index (χ1v) is 40.4. The Hall–Kier alpha value is -1.40. The van der Waals surface area contributed by atoms with Crippen LogP contribution in [0.1, 0.15) is 470 Å². The van der Waals surface area contributed by atoms with Gasteiger partial charge in [0.25, 0.3) is 0 Å². The first kappa shape index (κ1) is 85.6. The minimum absolute atomic E-state index is 0.0255. The largest absolute Gasteiger partial charge is 0.466 e. The van der Waals surface area contributed by atoms with Crippen molar-refractivity contribution in [2.75, 3.05) is 13.2 Å². The van der Waals surface area contributed by atoms with Crippen LogP contribution in [0.2, 0.25) is 0 Å². The number of carbonyl (C=O) groups excluding carboxylic acids is 2. The number of unbranched alkanes of at least 4 members (excludes halogenated alkanes) is 64. The summed E-state index contributed by atoms with van der Waals surface area (Å²) in [5.74, 6) is -0.000903. The fourth-order valence-corrected chi connectivity index (χ4v) is 13.2. The van der Waals surface area contributed by atoms with Crippen LogP contribution in [0.25, 0.3) is 0 Å². The summed E-state index contributed by atoms with van der Waals surface area (Å²) in [6.07, 6.45) is 97.4. The Labute approximate surface area is 546 Å². The summed E-state index contributed by atoms with van der Waals surface area (Å²) in [5.41, 5.74) is 0. The molecule has 0 heterocycles. The predicted octanol–water partition coefficient (Wildman–Crippen LogP) is 26.7. The Bertz CT molecular complexity index is 1320. The number of hydrogen-bond acceptors (Lipinski definition) is 5. The third-order valence-corrected chi connectivity index (χ3v) is 19.3. The van der Waals surface area contributed by atoms with E-state index in [1.54, 1.807) is 0 Å². The van der Waals surface area contributed by atoms with Crippen molar-refractivity contribution in [2.45, 2.75) is 482 Å². The van der Waals surface area contributed by atoms with Gasteiger partial charge in [0.2, 0.25) is 5.91 Å². The first-order valence-electron chi connectivity index (χ1n) is 40.4. The van der Waals surface area contributed by atoms with Crippen molar-refractivity contribution in [3.63, 3.8) is 0 Å². The van der Waals surface area contributed by atoms with Gasteiger partial charge in [-0.05, 0) is 51.4 Å². The molecule has 6 nitrogen and oxygen atoms in total. The van der Waals surface area contributed by atoms with Crippen LogP contribution in [-0.4, -0.2) is 47.4 Å². The minimum atomic E-state index is -0.662. The van der Waals surface area contributed by atoms with E-state index in [4.69, 9.17) is 4.74 Å². The molecule has 0 saturated heterocycles. The van der Waals surface area contributed by atoms with Gasteiger partial charge in [0.05, 0.1) is 25.4 Å². The molecule has 0 aliphatic rings. The van der Waals surface area contributed by atoms with Crippen LogP contribution < -0.4 is 5.32 Å². The summed E-state index contributed by atoms with van der Waals surface area (Å²) < 4.78 is 5.52. The molecule has 2 atom stereocenters. The lowest BCUT2D eigenvalue weighted by atomic mass is 10.0. The smallest absolute Gasteiger partial charge is 0.305 e. The van der Waals surface area contributed by atoms with Crippen molar-refractivity contribution in [1.82, 2.24) is 5.32 Å². The molecule has 6 heteroatoms. The summed E-state index contributed by atoms with van der Waals surface area (Å²) in [7, 11) is 0. The molecule has 0 bridgehead atoms. The Balaban J connectivity index is 3.32. The van der Waals surface area contributed by atoms with E-state index >= 15 is 0 Å². The molecule has 0 aromatic rings. The standard InChI is InChI=1S/C81H159NO5/c1-3-5-7-9-11-13-15-17-19-21-42-45-49-53-57-61-65-69-73-79(84)78(77-83)82-80(85)74-70-66-62-58-54-50-46-43-39-37-35-33-31-29-27-25-23-22-24-26-28-30-32-34-36-38-40-44-48-52-56-60-64-68-72-76-87-81(86)75-71-67-63-59-55-51-47-41-20-18-16-14-12-10-8-6-4-2/h24,26,78-79,83-84H,3-23,25,27-77H2,1-2H3,(H,82,85)/b26-24-. The fourth-order valence-electron chi connectivity index (χ4n) is 13.2. The lowest BCUT2D eigenvalue weighted by Crippen LogP contribution is -2.45. The molecule has 87 heavy (non-hydrogen) atoms. The Morgan fingerprint density at radius 1 is 0.310 bits per heavy atom. The molecule has 0 rings (SSSR count). The molecular formula is C81H159NO5. The van der Waals surface area contributed by atoms with Gasteiger partial charge in [0, 0.05) is 12.8 Å². The van der Waals surface area contributed by atoms with Gasteiger partial charge in [-0.1, -0.05) is 418 Å². The zero-order chi connectivity index (χ0) is 62.8. The Morgan fingerprint density at radius 3 is 0.816 bits per heavy atom. The van der Waals surface area contributed by atoms with E-state index in [1.165, 1.54) is 398 Å². The number of hydrogen-bond donors (Lipinski definition) is 3. The van der Waals surface area contributed by atoms with Gasteiger partial charge in [-0.15, -0.1) is 0 Å². The van der Waals surface area contributed by atoms with Crippen LogP contribution in [0.5, 0.6) is 0 Å². The summed E-state index contributed by atoms with van der Waals surface area (Å²) >= 11 is 0. The molecule has 0 fully saturated rings. The third-order valence-electron chi connectivity index (χ3n) is 19.3. The molecule has 518 valence electrons. The lowest BCUT2D eigenvalue weighted by molar-refractivity contribution is -0.143. The number of nitrogens with one attached hydrogen (secondary N) is 1. The van der Waals surface area contributed by atoms with Crippen molar-refractivity contribution in [3.8, 4) is 0 Å². The predicted molar refractivity (Wildman–Crippen MR) is 384 cm³/mol. The highest BCUT2D eigenvalue weighted by Crippen LogP contribution is 2.20. The number of ether oxygens (including phenoxy) is 1. The van der Waals surface area contributed by atoms with Crippen molar-refractivity contribution in [1.29, 1.82) is 0 Å². The maximum Gasteiger partial charge on any atom is 0.305 e. The van der Waals surface area contributed by atoms with Gasteiger partial charge in [-0.25, -0.2) is 0 Å². The molecule has 0 aliphatic carbocycles. The van der Waals surface area contributed by atoms with E-state index in [-0.39, 0.29) is 18.5 Å². The number of aliphatic hydroxyl groups is 2. The maximum atomic E-state index is 12.5. The van der Waals surface area contributed by atoms with Gasteiger partial charge in [0.15, 0.2) is 0 Å². The maximum absolute atomic E-state index is 12.5. The van der Waals surface area contributed by atoms with Crippen LogP contribution >= 0.6 is 0 Å². The molecular weight excluding hydrogens is 1070 g/mol. The van der Waals surface area contributed by atoms with Crippen molar-refractivity contribution in [2.24, 2.45) is 0 Å². The molecule has 3 N–H and O–H groups in total. The Morgan fingerprint density at radius 2 is 0.540 bits per heavy atom. The normalized spacial score (nSPS) is 12.5. The SMILES string of the molecule is CCCCCCCCCCCCCCCCCCCCC(O)C(CO)NC(=O)CCCCCCCCCCCCCCCCCCC/C=C\CCCCCCCCCCCCCCCCOC(=O)CCCCCCCCCCCCCCCCCCC. The Kier molecular flexibility index (Phi) is 75.8. The molecule has 0 aliphatic heterocycles. The number of allylic oxidation sites excluding steroid dienone is 2. The van der Waals surface area contributed by atoms with E-state index in [0.717, 1.165) is 38.5 Å². The summed E-state index contributed by atoms with van der Waals surface area (Å²) in [4.78, 5) is 24.7. The fraction of sp³-hybridized carbons (Fsp3) is 0.951. The van der Waals surface area contributed by atoms with Crippen molar-refractivity contribution < 1.29 is 24.5 Å². The van der Waals surface area contributed by atoms with E-state index in [9.17, 15) is 19.8 Å². The summed E-state index contributed by atoms with van der Waals surface area (Å²) in [6, 6.07) is -0.539. The van der Waals surface area contributed by atoms with Crippen LogP contribution in [0.4, 0.5) is 0 Å². The lowest BCUT2D eigenvalue weighted by Gasteiger charge is -2.22. The van der Waals surface area contributed by atoms with Gasteiger partial charge < -0.3 is 20.3 Å². The molecule has 0 aromatic carbocycles. The zero-order valence-electron chi connectivity index (χ0n) is 59.5. The van der Waals surface area contributed by atoms with Crippen LogP contribution in [0, 0.1) is 0 Å². The highest BCUT2D eigenvalue weighted by atomic mass is 16.5. The number of esters is 1. The molecule has 0 radical (unpaired) electrons. The average molecular weight is 1230 g/mol. The van der Waals surface area contributed by atoms with E-state index in [1.807, 2.05) is 0 Å². The third kappa shape index (κ3) is 73.5. The molecule has 0 spiro atoms. The second kappa shape index (κ2) is 77.1. The van der Waals surface area contributed by atoms with Gasteiger partial charge >= 0.3 is 5.97 Å². The quantitative estimate of drug-likeness (QED) is 0.0320. The van der Waals surface area contributed by atoms with Crippen LogP contribution in [-0.2, 0) is 14.3 Å². The van der Waals surface area contributed by atoms with Gasteiger partial charge in [-0.2, -0.15) is 0 Å². The highest BCUT2D eigenvalue weighted by molar-refractivity contribution is 5.76. The average Bonchev–Trinajstić information content (AvgIpc) is 3.58. The summed E-state index contributed by atoms with van der Waals surface area (Å²) in [6.45, 7) is 5.02. The van der Waals surface area contributed by atoms with E-state index in [0.29, 0.717) is 25.9 Å². The summed E-state index contributed by atoms with van der Waals surface area (Å²) in [5, 5.41) is 23.4. The molecule has 0 aromatic heterocycles. The zero-order valence-corrected chi connectivity index (χ0v) is 59.5. The highest BCUT2D eigenvalue weighted by Gasteiger charge is 2.20. The number of aliphatic hydroxyl groups excluding tert-OH is 2. The second-order valence-electron chi connectivity index (χ2n) is 28.1. The topological polar surface area (TPSA) is 95.9 Å². The number of carbonyl (C=O) groups is 2. The number of rotatable bonds is 77. The van der Waals surface area contributed by atoms with E-state index < -0.39 is 12.1 Å². The molecule has 1 amide bonds. The van der Waals surface area contributed by atoms with E-state index in [2.05, 4.69) is 31.3 Å². The molecule has 0 saturated carbocycles. The van der Waals surface area contributed by atoms with Crippen molar-refractivity contribution >= 4 is 11.9 Å². The number of amides is 1. The minimum Gasteiger partial charge on any atom is -0.466 e. The second-order valence-corrected chi connectivity index (χ2v) is 28.1. The molecule has 2 unspecified atom stereocenters. The first-order chi connectivity index (χ1) is 43.0.